The van der Waals surface area contributed by atoms with Crippen LogP contribution in [-0.4, -0.2) is 5.78 Å². The fourth-order valence-corrected chi connectivity index (χ4v) is 3.90. The van der Waals surface area contributed by atoms with Crippen molar-refractivity contribution in [1.82, 2.24) is 0 Å². The van der Waals surface area contributed by atoms with Crippen LogP contribution in [-0.2, 0) is 4.79 Å². The Kier molecular flexibility index (Phi) is 3.35. The molecule has 0 aromatic heterocycles. The van der Waals surface area contributed by atoms with E-state index in [0.29, 0.717) is 11.7 Å². The Labute approximate surface area is 111 Å². The summed E-state index contributed by atoms with van der Waals surface area (Å²) >= 11 is 0. The first kappa shape index (κ1) is 13.3. The number of aryl methyl sites for hydroxylation is 3. The van der Waals surface area contributed by atoms with Crippen LogP contribution in [0.25, 0.3) is 0 Å². The van der Waals surface area contributed by atoms with Crippen LogP contribution in [0.5, 0.6) is 0 Å². The Bertz CT molecular complexity index is 457. The molecule has 1 aliphatic rings. The van der Waals surface area contributed by atoms with Crippen LogP contribution < -0.4 is 0 Å². The van der Waals surface area contributed by atoms with Crippen LogP contribution in [0.15, 0.2) is 12.1 Å². The molecule has 0 N–H and O–H groups in total. The van der Waals surface area contributed by atoms with Crippen LogP contribution in [0.3, 0.4) is 0 Å². The molecule has 98 valence electrons. The Hall–Kier alpha value is -1.11. The number of carbonyl (C=O) groups excluding carboxylic acids is 1. The number of carbonyl (C=O) groups is 1. The Balaban J connectivity index is 2.48. The molecule has 0 radical (unpaired) electrons. The summed E-state index contributed by atoms with van der Waals surface area (Å²) in [6.45, 7) is 10.8. The van der Waals surface area contributed by atoms with Crippen LogP contribution in [0.4, 0.5) is 0 Å². The quantitative estimate of drug-likeness (QED) is 0.766. The van der Waals surface area contributed by atoms with E-state index in [2.05, 4.69) is 46.8 Å². The highest BCUT2D eigenvalue weighted by Crippen LogP contribution is 2.55. The molecule has 1 aromatic rings. The Morgan fingerprint density at radius 3 is 2.00 bits per heavy atom. The molecular formula is C17H24O. The lowest BCUT2D eigenvalue weighted by atomic mass is 9.53. The summed E-state index contributed by atoms with van der Waals surface area (Å²) in [5, 5.41) is 0. The molecule has 1 nitrogen and oxygen atoms in total. The summed E-state index contributed by atoms with van der Waals surface area (Å²) in [7, 11) is 0. The summed E-state index contributed by atoms with van der Waals surface area (Å²) < 4.78 is 0. The predicted octanol–water partition coefficient (Wildman–Crippen LogP) is 4.47. The zero-order chi connectivity index (χ0) is 13.5. The van der Waals surface area contributed by atoms with Crippen molar-refractivity contribution in [3.8, 4) is 0 Å². The SMILES string of the molecule is CCC1(CC)C(=O)CC1c1c(C)cc(C)cc1C. The normalized spacial score (nSPS) is 21.8. The molecule has 1 saturated carbocycles. The van der Waals surface area contributed by atoms with Gasteiger partial charge in [-0.3, -0.25) is 4.79 Å². The molecule has 0 amide bonds. The summed E-state index contributed by atoms with van der Waals surface area (Å²) in [4.78, 5) is 12.1. The minimum atomic E-state index is -0.0786. The van der Waals surface area contributed by atoms with Gasteiger partial charge in [0.25, 0.3) is 0 Å². The average Bonchev–Trinajstić information content (AvgIpc) is 2.28. The van der Waals surface area contributed by atoms with Crippen molar-refractivity contribution >= 4 is 5.78 Å². The molecule has 1 aromatic carbocycles. The fourth-order valence-electron chi connectivity index (χ4n) is 3.90. The van der Waals surface area contributed by atoms with E-state index in [9.17, 15) is 4.79 Å². The van der Waals surface area contributed by atoms with Gasteiger partial charge in [0, 0.05) is 17.8 Å². The van der Waals surface area contributed by atoms with E-state index in [4.69, 9.17) is 0 Å². The largest absolute Gasteiger partial charge is 0.299 e. The van der Waals surface area contributed by atoms with Crippen LogP contribution in [0.2, 0.25) is 0 Å². The van der Waals surface area contributed by atoms with Crippen molar-refractivity contribution in [2.45, 2.75) is 59.8 Å². The first-order valence-electron chi connectivity index (χ1n) is 7.07. The highest BCUT2D eigenvalue weighted by Gasteiger charge is 2.53. The molecule has 1 unspecified atom stereocenters. The second kappa shape index (κ2) is 4.53. The Morgan fingerprint density at radius 1 is 1.11 bits per heavy atom. The van der Waals surface area contributed by atoms with Crippen molar-refractivity contribution < 1.29 is 4.79 Å². The van der Waals surface area contributed by atoms with E-state index in [1.807, 2.05) is 0 Å². The van der Waals surface area contributed by atoms with Gasteiger partial charge < -0.3 is 0 Å². The lowest BCUT2D eigenvalue weighted by Crippen LogP contribution is -2.47. The van der Waals surface area contributed by atoms with Gasteiger partial charge in [-0.1, -0.05) is 31.5 Å². The summed E-state index contributed by atoms with van der Waals surface area (Å²) in [5.74, 6) is 0.914. The molecule has 2 rings (SSSR count). The number of benzene rings is 1. The van der Waals surface area contributed by atoms with Crippen molar-refractivity contribution in [3.05, 3.63) is 34.4 Å². The van der Waals surface area contributed by atoms with Gasteiger partial charge in [0.05, 0.1) is 0 Å². The van der Waals surface area contributed by atoms with Crippen molar-refractivity contribution in [1.29, 1.82) is 0 Å². The molecule has 0 aliphatic heterocycles. The average molecular weight is 244 g/mol. The van der Waals surface area contributed by atoms with Gasteiger partial charge in [-0.05, 0) is 50.3 Å². The lowest BCUT2D eigenvalue weighted by molar-refractivity contribution is -0.141. The maximum Gasteiger partial charge on any atom is 0.140 e. The van der Waals surface area contributed by atoms with Gasteiger partial charge in [-0.2, -0.15) is 0 Å². The third kappa shape index (κ3) is 1.72. The summed E-state index contributed by atoms with van der Waals surface area (Å²) in [6, 6.07) is 4.50. The highest BCUT2D eigenvalue weighted by molar-refractivity contribution is 5.93. The molecule has 0 spiro atoms. The van der Waals surface area contributed by atoms with Gasteiger partial charge in [0.2, 0.25) is 0 Å². The molecule has 1 atom stereocenters. The van der Waals surface area contributed by atoms with Gasteiger partial charge >= 0.3 is 0 Å². The first-order valence-corrected chi connectivity index (χ1v) is 7.07. The summed E-state index contributed by atoms with van der Waals surface area (Å²) in [6.07, 6.45) is 2.69. The molecule has 0 saturated heterocycles. The zero-order valence-corrected chi connectivity index (χ0v) is 12.3. The molecular weight excluding hydrogens is 220 g/mol. The minimum absolute atomic E-state index is 0.0786. The molecule has 0 heterocycles. The van der Waals surface area contributed by atoms with Gasteiger partial charge in [-0.15, -0.1) is 0 Å². The lowest BCUT2D eigenvalue weighted by Gasteiger charge is -2.48. The second-order valence-electron chi connectivity index (χ2n) is 5.86. The maximum absolute atomic E-state index is 12.1. The number of hydrogen-bond acceptors (Lipinski definition) is 1. The van der Waals surface area contributed by atoms with E-state index in [0.717, 1.165) is 19.3 Å². The van der Waals surface area contributed by atoms with Crippen molar-refractivity contribution in [3.63, 3.8) is 0 Å². The standard InChI is InChI=1S/C17H24O/c1-6-17(7-2)14(10-15(17)18)16-12(4)8-11(3)9-13(16)5/h8-9,14H,6-7,10H2,1-5H3. The minimum Gasteiger partial charge on any atom is -0.299 e. The van der Waals surface area contributed by atoms with Gasteiger partial charge in [0.15, 0.2) is 0 Å². The number of rotatable bonds is 3. The zero-order valence-electron chi connectivity index (χ0n) is 12.3. The van der Waals surface area contributed by atoms with E-state index >= 15 is 0 Å². The van der Waals surface area contributed by atoms with Crippen LogP contribution in [0.1, 0.15) is 61.3 Å². The van der Waals surface area contributed by atoms with E-state index < -0.39 is 0 Å². The fraction of sp³-hybridized carbons (Fsp3) is 0.588. The number of hydrogen-bond donors (Lipinski definition) is 0. The second-order valence-corrected chi connectivity index (χ2v) is 5.86. The Morgan fingerprint density at radius 2 is 1.61 bits per heavy atom. The first-order chi connectivity index (χ1) is 8.46. The molecule has 0 bridgehead atoms. The smallest absolute Gasteiger partial charge is 0.140 e. The third-order valence-electron chi connectivity index (χ3n) is 4.96. The molecule has 1 aliphatic carbocycles. The van der Waals surface area contributed by atoms with E-state index in [1.54, 1.807) is 0 Å². The molecule has 1 heteroatoms. The predicted molar refractivity (Wildman–Crippen MR) is 76.0 cm³/mol. The molecule has 1 fully saturated rings. The summed E-state index contributed by atoms with van der Waals surface area (Å²) in [5.41, 5.74) is 5.39. The van der Waals surface area contributed by atoms with Crippen LogP contribution in [0, 0.1) is 26.2 Å². The van der Waals surface area contributed by atoms with E-state index in [-0.39, 0.29) is 5.41 Å². The maximum atomic E-state index is 12.1. The third-order valence-corrected chi connectivity index (χ3v) is 4.96. The van der Waals surface area contributed by atoms with Crippen LogP contribution >= 0.6 is 0 Å². The number of ketones is 1. The van der Waals surface area contributed by atoms with Gasteiger partial charge in [-0.25, -0.2) is 0 Å². The monoisotopic (exact) mass is 244 g/mol. The number of Topliss-reactive ketones (excluding diaryl/α,β-unsaturated/α-hetero) is 1. The van der Waals surface area contributed by atoms with Crippen molar-refractivity contribution in [2.24, 2.45) is 5.41 Å². The van der Waals surface area contributed by atoms with Crippen molar-refractivity contribution in [2.75, 3.05) is 0 Å². The topological polar surface area (TPSA) is 17.1 Å². The van der Waals surface area contributed by atoms with Gasteiger partial charge in [0.1, 0.15) is 5.78 Å². The highest BCUT2D eigenvalue weighted by atomic mass is 16.1. The van der Waals surface area contributed by atoms with E-state index in [1.165, 1.54) is 22.3 Å². The molecule has 18 heavy (non-hydrogen) atoms.